The summed E-state index contributed by atoms with van der Waals surface area (Å²) in [7, 11) is 0. The van der Waals surface area contributed by atoms with Crippen molar-refractivity contribution >= 4 is 48.9 Å². The van der Waals surface area contributed by atoms with E-state index < -0.39 is 0 Å². The predicted octanol–water partition coefficient (Wildman–Crippen LogP) is -15.4. The average Bonchev–Trinajstić information content (AvgIpc) is 0. The SMILES string of the molecule is [Ba+2].[Cl-].[Cl-].[Cl-].[K+].[Li+]. The van der Waals surface area contributed by atoms with Crippen molar-refractivity contribution in [1.82, 2.24) is 0 Å². The van der Waals surface area contributed by atoms with Crippen molar-refractivity contribution in [3.05, 3.63) is 0 Å². The Morgan fingerprint density at radius 3 is 0.667 bits per heavy atom. The topological polar surface area (TPSA) is 0 Å². The summed E-state index contributed by atoms with van der Waals surface area (Å²) in [5, 5.41) is 0. The molecular formula is BaCl3KLi+. The van der Waals surface area contributed by atoms with Gasteiger partial charge in [0.2, 0.25) is 0 Å². The minimum Gasteiger partial charge on any atom is -1.00 e. The Morgan fingerprint density at radius 1 is 0.667 bits per heavy atom. The zero-order valence-electron chi connectivity index (χ0n) is 3.84. The van der Waals surface area contributed by atoms with E-state index in [1.807, 2.05) is 0 Å². The molecule has 0 aliphatic heterocycles. The second-order valence-electron chi connectivity index (χ2n) is 0. The number of hydrogen-bond acceptors (Lipinski definition) is 0. The van der Waals surface area contributed by atoms with Gasteiger partial charge in [0.05, 0.1) is 0 Å². The molecule has 0 spiro atoms. The predicted molar refractivity (Wildman–Crippen MR) is 5.75 cm³/mol. The largest absolute Gasteiger partial charge is 2.00 e. The summed E-state index contributed by atoms with van der Waals surface area (Å²) in [5.41, 5.74) is 0. The monoisotopic (exact) mass is 289 g/mol. The van der Waals surface area contributed by atoms with Crippen LogP contribution < -0.4 is 107 Å². The zero-order valence-corrected chi connectivity index (χ0v) is 13.7. The molecular weight excluding hydrogens is 290 g/mol. The van der Waals surface area contributed by atoms with E-state index in [-0.39, 0.29) is 156 Å². The molecule has 0 fully saturated rings. The van der Waals surface area contributed by atoms with E-state index in [0.717, 1.165) is 0 Å². The molecule has 24 valence electrons. The Hall–Kier alpha value is 4.68. The smallest absolute Gasteiger partial charge is 1.00 e. The van der Waals surface area contributed by atoms with Gasteiger partial charge in [-0.1, -0.05) is 0 Å². The summed E-state index contributed by atoms with van der Waals surface area (Å²) in [6.45, 7) is 0. The fourth-order valence-corrected chi connectivity index (χ4v) is 0. The van der Waals surface area contributed by atoms with Gasteiger partial charge >= 0.3 is 119 Å². The molecule has 0 aromatic heterocycles. The van der Waals surface area contributed by atoms with Crippen molar-refractivity contribution in [2.75, 3.05) is 0 Å². The molecule has 0 unspecified atom stereocenters. The normalized spacial score (nSPS) is 0. The van der Waals surface area contributed by atoms with Gasteiger partial charge < -0.3 is 37.2 Å². The van der Waals surface area contributed by atoms with Gasteiger partial charge in [-0.3, -0.25) is 0 Å². The van der Waals surface area contributed by atoms with Gasteiger partial charge in [-0.2, -0.15) is 0 Å². The van der Waals surface area contributed by atoms with Gasteiger partial charge in [-0.25, -0.2) is 0 Å². The van der Waals surface area contributed by atoms with E-state index in [2.05, 4.69) is 0 Å². The maximum Gasteiger partial charge on any atom is 2.00 e. The number of halogens is 3. The first kappa shape index (κ1) is 45.7. The summed E-state index contributed by atoms with van der Waals surface area (Å²) >= 11 is 0. The third-order valence-corrected chi connectivity index (χ3v) is 0. The van der Waals surface area contributed by atoms with Crippen molar-refractivity contribution < 1.29 is 107 Å². The van der Waals surface area contributed by atoms with Crippen LogP contribution in [0, 0.1) is 0 Å². The fraction of sp³-hybridized carbons (Fsp3) is 0. The van der Waals surface area contributed by atoms with Gasteiger partial charge in [0.1, 0.15) is 0 Å². The minimum atomic E-state index is 0. The summed E-state index contributed by atoms with van der Waals surface area (Å²) in [5.74, 6) is 0. The van der Waals surface area contributed by atoms with Crippen LogP contribution >= 0.6 is 0 Å². The van der Waals surface area contributed by atoms with Gasteiger partial charge in [0, 0.05) is 0 Å². The first-order valence-electron chi connectivity index (χ1n) is 0. The van der Waals surface area contributed by atoms with Crippen LogP contribution in [0.15, 0.2) is 0 Å². The molecule has 6 heavy (non-hydrogen) atoms. The van der Waals surface area contributed by atoms with E-state index in [0.29, 0.717) is 0 Å². The van der Waals surface area contributed by atoms with Crippen molar-refractivity contribution in [3.63, 3.8) is 0 Å². The maximum absolute atomic E-state index is 0. The van der Waals surface area contributed by atoms with Gasteiger partial charge in [0.25, 0.3) is 0 Å². The molecule has 0 amide bonds. The Balaban J connectivity index is 0. The van der Waals surface area contributed by atoms with Crippen molar-refractivity contribution in [1.29, 1.82) is 0 Å². The number of rotatable bonds is 0. The Bertz CT molecular complexity index is 10.8. The average molecular weight is 290 g/mol. The molecule has 0 nitrogen and oxygen atoms in total. The number of hydrogen-bond donors (Lipinski definition) is 0. The van der Waals surface area contributed by atoms with Crippen LogP contribution in [0.3, 0.4) is 0 Å². The molecule has 0 N–H and O–H groups in total. The summed E-state index contributed by atoms with van der Waals surface area (Å²) in [4.78, 5) is 0. The Labute approximate surface area is 152 Å². The molecule has 0 radical (unpaired) electrons. The van der Waals surface area contributed by atoms with Crippen molar-refractivity contribution in [2.24, 2.45) is 0 Å². The van der Waals surface area contributed by atoms with Crippen LogP contribution in [0.4, 0.5) is 0 Å². The second-order valence-corrected chi connectivity index (χ2v) is 0. The van der Waals surface area contributed by atoms with Crippen LogP contribution in [-0.2, 0) is 0 Å². The van der Waals surface area contributed by atoms with E-state index in [1.165, 1.54) is 0 Å². The molecule has 6 heteroatoms. The quantitative estimate of drug-likeness (QED) is 0.389. The molecule has 0 aromatic carbocycles. The Kier molecular flexibility index (Phi) is 254. The van der Waals surface area contributed by atoms with Crippen LogP contribution in [0.25, 0.3) is 0 Å². The zero-order chi connectivity index (χ0) is 0. The van der Waals surface area contributed by atoms with Gasteiger partial charge in [-0.05, 0) is 0 Å². The van der Waals surface area contributed by atoms with Crippen LogP contribution in [0.1, 0.15) is 0 Å². The first-order valence-corrected chi connectivity index (χ1v) is 0. The molecule has 0 aliphatic carbocycles. The molecule has 0 saturated carbocycles. The second kappa shape index (κ2) is 33.3. The van der Waals surface area contributed by atoms with Crippen LogP contribution in [-0.4, -0.2) is 48.9 Å². The molecule has 0 saturated heterocycles. The van der Waals surface area contributed by atoms with Crippen LogP contribution in [0.5, 0.6) is 0 Å². The first-order chi connectivity index (χ1) is 0. The van der Waals surface area contributed by atoms with E-state index in [9.17, 15) is 0 Å². The van der Waals surface area contributed by atoms with Gasteiger partial charge in [-0.15, -0.1) is 0 Å². The minimum absolute atomic E-state index is 0. The molecule has 0 aliphatic rings. The molecule has 0 aromatic rings. The molecule has 0 rings (SSSR count). The summed E-state index contributed by atoms with van der Waals surface area (Å²) in [6.07, 6.45) is 0. The van der Waals surface area contributed by atoms with Crippen molar-refractivity contribution in [2.45, 2.75) is 0 Å². The molecule has 0 heterocycles. The third-order valence-electron chi connectivity index (χ3n) is 0. The standard InChI is InChI=1S/Ba.3ClH.K.Li/h;3*1H;;/q+2;;;;2*+1/p-3. The third kappa shape index (κ3) is 23.4. The maximum atomic E-state index is 0. The molecule has 0 bridgehead atoms. The summed E-state index contributed by atoms with van der Waals surface area (Å²) in [6, 6.07) is 0. The fourth-order valence-electron chi connectivity index (χ4n) is 0. The summed E-state index contributed by atoms with van der Waals surface area (Å²) < 4.78 is 0. The molecule has 0 atom stereocenters. The van der Waals surface area contributed by atoms with Crippen LogP contribution in [0.2, 0.25) is 0 Å². The van der Waals surface area contributed by atoms with E-state index in [4.69, 9.17) is 0 Å². The van der Waals surface area contributed by atoms with Gasteiger partial charge in [0.15, 0.2) is 0 Å². The van der Waals surface area contributed by atoms with E-state index >= 15 is 0 Å². The Morgan fingerprint density at radius 2 is 0.667 bits per heavy atom. The van der Waals surface area contributed by atoms with E-state index in [1.54, 1.807) is 0 Å². The van der Waals surface area contributed by atoms with Crippen molar-refractivity contribution in [3.8, 4) is 0 Å².